The van der Waals surface area contributed by atoms with Gasteiger partial charge in [-0.2, -0.15) is 0 Å². The summed E-state index contributed by atoms with van der Waals surface area (Å²) < 4.78 is 5.58. The fourth-order valence-corrected chi connectivity index (χ4v) is 4.03. The Bertz CT molecular complexity index is 602. The minimum atomic E-state index is 0.0629. The molecule has 0 bridgehead atoms. The van der Waals surface area contributed by atoms with Gasteiger partial charge in [-0.1, -0.05) is 25.4 Å². The first-order valence-electron chi connectivity index (χ1n) is 9.30. The highest BCUT2D eigenvalue weighted by atomic mass is 35.5. The average Bonchev–Trinajstić information content (AvgIpc) is 3.06. The second-order valence-electron chi connectivity index (χ2n) is 7.15. The molecular weight excluding hydrogens is 338 g/mol. The van der Waals surface area contributed by atoms with Crippen LogP contribution in [0.2, 0.25) is 5.02 Å². The van der Waals surface area contributed by atoms with Gasteiger partial charge in [0.2, 0.25) is 0 Å². The van der Waals surface area contributed by atoms with Crippen molar-refractivity contribution in [2.24, 2.45) is 11.8 Å². The molecule has 25 heavy (non-hydrogen) atoms. The lowest BCUT2D eigenvalue weighted by molar-refractivity contribution is 0.0665. The largest absolute Gasteiger partial charge is 0.492 e. The highest BCUT2D eigenvalue weighted by Crippen LogP contribution is 2.29. The zero-order chi connectivity index (χ0) is 17.8. The molecular formula is C19H28ClN3O2. The van der Waals surface area contributed by atoms with E-state index in [9.17, 15) is 4.79 Å². The van der Waals surface area contributed by atoms with Crippen LogP contribution in [0.25, 0.3) is 0 Å². The molecule has 6 heteroatoms. The number of benzene rings is 1. The van der Waals surface area contributed by atoms with Crippen molar-refractivity contribution in [1.82, 2.24) is 15.8 Å². The lowest BCUT2D eigenvalue weighted by Gasteiger charge is -2.36. The minimum Gasteiger partial charge on any atom is -0.492 e. The normalized spacial score (nSPS) is 24.5. The van der Waals surface area contributed by atoms with E-state index >= 15 is 0 Å². The molecule has 2 atom stereocenters. The molecule has 0 aromatic heterocycles. The molecule has 1 aromatic carbocycles. The molecule has 0 saturated carbocycles. The molecule has 138 valence electrons. The Hall–Kier alpha value is -1.30. The van der Waals surface area contributed by atoms with Crippen molar-refractivity contribution >= 4 is 17.5 Å². The van der Waals surface area contributed by atoms with Gasteiger partial charge in [-0.15, -0.1) is 0 Å². The number of rotatable bonds is 5. The van der Waals surface area contributed by atoms with Gasteiger partial charge in [0.15, 0.2) is 0 Å². The maximum atomic E-state index is 12.8. The first-order chi connectivity index (χ1) is 12.1. The van der Waals surface area contributed by atoms with E-state index in [2.05, 4.69) is 17.8 Å². The van der Waals surface area contributed by atoms with Crippen molar-refractivity contribution in [3.05, 3.63) is 28.8 Å². The average molecular weight is 366 g/mol. The number of ether oxygens (including phenoxy) is 1. The molecule has 2 fully saturated rings. The zero-order valence-electron chi connectivity index (χ0n) is 15.1. The molecule has 3 rings (SSSR count). The summed E-state index contributed by atoms with van der Waals surface area (Å²) in [7, 11) is 0. The number of piperidine rings is 1. The Morgan fingerprint density at radius 3 is 2.72 bits per heavy atom. The van der Waals surface area contributed by atoms with Crippen molar-refractivity contribution in [1.29, 1.82) is 0 Å². The van der Waals surface area contributed by atoms with Gasteiger partial charge in [0.05, 0.1) is 11.6 Å². The Balaban J connectivity index is 1.58. The maximum absolute atomic E-state index is 12.8. The first-order valence-corrected chi connectivity index (χ1v) is 9.68. The Morgan fingerprint density at radius 2 is 2.12 bits per heavy atom. The van der Waals surface area contributed by atoms with E-state index in [0.717, 1.165) is 38.9 Å². The van der Waals surface area contributed by atoms with Crippen molar-refractivity contribution in [3.63, 3.8) is 0 Å². The van der Waals surface area contributed by atoms with Gasteiger partial charge in [-0.3, -0.25) is 15.6 Å². The van der Waals surface area contributed by atoms with E-state index in [1.807, 2.05) is 17.9 Å². The summed E-state index contributed by atoms with van der Waals surface area (Å²) in [4.78, 5) is 14.7. The minimum absolute atomic E-state index is 0.0629. The van der Waals surface area contributed by atoms with Crippen molar-refractivity contribution in [2.75, 3.05) is 26.2 Å². The number of hydrogen-bond acceptors (Lipinski definition) is 4. The number of halogens is 1. The highest BCUT2D eigenvalue weighted by Gasteiger charge is 2.34. The summed E-state index contributed by atoms with van der Waals surface area (Å²) in [6, 6.07) is 5.86. The predicted octanol–water partition coefficient (Wildman–Crippen LogP) is 3.09. The number of likely N-dealkylation sites (tertiary alicyclic amines) is 1. The summed E-state index contributed by atoms with van der Waals surface area (Å²) >= 11 is 6.26. The van der Waals surface area contributed by atoms with Crippen LogP contribution in [0.1, 0.15) is 43.5 Å². The van der Waals surface area contributed by atoms with Crippen LogP contribution < -0.4 is 15.6 Å². The smallest absolute Gasteiger partial charge is 0.253 e. The maximum Gasteiger partial charge on any atom is 0.253 e. The van der Waals surface area contributed by atoms with Gasteiger partial charge in [0.1, 0.15) is 5.75 Å². The number of carbonyl (C=O) groups excluding carboxylic acids is 1. The van der Waals surface area contributed by atoms with Crippen LogP contribution in [-0.2, 0) is 0 Å². The van der Waals surface area contributed by atoms with E-state index in [0.29, 0.717) is 40.8 Å². The van der Waals surface area contributed by atoms with Crippen molar-refractivity contribution in [2.45, 2.75) is 39.2 Å². The molecule has 2 unspecified atom stereocenters. The van der Waals surface area contributed by atoms with Crippen molar-refractivity contribution in [3.8, 4) is 5.75 Å². The molecule has 0 spiro atoms. The second kappa shape index (κ2) is 8.39. The van der Waals surface area contributed by atoms with Gasteiger partial charge in [0, 0.05) is 31.2 Å². The second-order valence-corrected chi connectivity index (χ2v) is 7.56. The number of carbonyl (C=O) groups is 1. The molecule has 2 aliphatic rings. The zero-order valence-corrected chi connectivity index (χ0v) is 15.8. The Kier molecular flexibility index (Phi) is 6.20. The Morgan fingerprint density at radius 1 is 1.36 bits per heavy atom. The van der Waals surface area contributed by atoms with E-state index in [-0.39, 0.29) is 5.91 Å². The van der Waals surface area contributed by atoms with Gasteiger partial charge in [-0.25, -0.2) is 0 Å². The number of hydrazine groups is 1. The van der Waals surface area contributed by atoms with Crippen LogP contribution in [0.5, 0.6) is 5.75 Å². The third kappa shape index (κ3) is 4.27. The number of amides is 1. The Labute approximate surface area is 155 Å². The van der Waals surface area contributed by atoms with E-state index in [1.54, 1.807) is 12.1 Å². The summed E-state index contributed by atoms with van der Waals surface area (Å²) in [6.07, 6.45) is 3.01. The van der Waals surface area contributed by atoms with Gasteiger partial charge >= 0.3 is 0 Å². The quantitative estimate of drug-likeness (QED) is 0.841. The molecule has 5 nitrogen and oxygen atoms in total. The number of nitrogens with one attached hydrogen (secondary N) is 2. The summed E-state index contributed by atoms with van der Waals surface area (Å²) in [5, 5.41) is 0.504. The predicted molar refractivity (Wildman–Crippen MR) is 100.0 cm³/mol. The molecule has 2 heterocycles. The molecule has 0 radical (unpaired) electrons. The van der Waals surface area contributed by atoms with Crippen molar-refractivity contribution < 1.29 is 9.53 Å². The molecule has 1 aromatic rings. The molecule has 2 N–H and O–H groups in total. The summed E-state index contributed by atoms with van der Waals surface area (Å²) in [6.45, 7) is 7.59. The van der Waals surface area contributed by atoms with E-state index < -0.39 is 0 Å². The summed E-state index contributed by atoms with van der Waals surface area (Å²) in [5.41, 5.74) is 7.29. The fourth-order valence-electron chi connectivity index (χ4n) is 3.80. The molecule has 0 aliphatic carbocycles. The van der Waals surface area contributed by atoms with E-state index in [4.69, 9.17) is 16.3 Å². The van der Waals surface area contributed by atoms with Gasteiger partial charge in [-0.05, 0) is 49.3 Å². The number of nitrogens with zero attached hydrogens (tertiary/aromatic N) is 1. The van der Waals surface area contributed by atoms with Gasteiger partial charge < -0.3 is 9.64 Å². The highest BCUT2D eigenvalue weighted by molar-refractivity contribution is 6.32. The standard InChI is InChI=1S/C19H28ClN3O2/c1-3-10-25-17-5-4-15(11-16(17)20)19(24)23-8-6-14(7-9-23)18-13(2)12-21-22-18/h4-5,11,13-14,18,21-22H,3,6-10,12H2,1-2H3. The lowest BCUT2D eigenvalue weighted by atomic mass is 9.84. The molecule has 1 amide bonds. The van der Waals surface area contributed by atoms with Crippen LogP contribution in [0.4, 0.5) is 0 Å². The first kappa shape index (κ1) is 18.5. The number of hydrogen-bond donors (Lipinski definition) is 2. The molecule has 2 aliphatic heterocycles. The fraction of sp³-hybridized carbons (Fsp3) is 0.632. The van der Waals surface area contributed by atoms with E-state index in [1.165, 1.54) is 0 Å². The topological polar surface area (TPSA) is 53.6 Å². The van der Waals surface area contributed by atoms with Crippen LogP contribution in [0.15, 0.2) is 18.2 Å². The van der Waals surface area contributed by atoms with Gasteiger partial charge in [0.25, 0.3) is 5.91 Å². The molecule has 2 saturated heterocycles. The SMILES string of the molecule is CCCOc1ccc(C(=O)N2CCC(C3NNCC3C)CC2)cc1Cl. The van der Waals surface area contributed by atoms with Crippen LogP contribution in [0, 0.1) is 11.8 Å². The third-order valence-electron chi connectivity index (χ3n) is 5.28. The monoisotopic (exact) mass is 365 g/mol. The lowest BCUT2D eigenvalue weighted by Crippen LogP contribution is -2.45. The third-order valence-corrected chi connectivity index (χ3v) is 5.58. The van der Waals surface area contributed by atoms with Crippen LogP contribution in [0.3, 0.4) is 0 Å². The summed E-state index contributed by atoms with van der Waals surface area (Å²) in [5.74, 6) is 1.98. The van der Waals surface area contributed by atoms with Crippen LogP contribution >= 0.6 is 11.6 Å². The van der Waals surface area contributed by atoms with Crippen LogP contribution in [-0.4, -0.2) is 43.1 Å².